The average Bonchev–Trinajstić information content (AvgIpc) is 3.53. The smallest absolute Gasteiger partial charge is 0.191 e. The van der Waals surface area contributed by atoms with Crippen molar-refractivity contribution in [3.63, 3.8) is 0 Å². The van der Waals surface area contributed by atoms with Crippen molar-refractivity contribution >= 4 is 41.8 Å². The molecule has 2 aromatic heterocycles. The number of aliphatic imine (C=N–C) groups is 1. The fraction of sp³-hybridized carbons (Fsp3) is 0.296. The molecule has 2 aliphatic heterocycles. The summed E-state index contributed by atoms with van der Waals surface area (Å²) < 4.78 is 13.7. The molecular formula is C27H30N6O2Si. The molecule has 9 heteroatoms. The van der Waals surface area contributed by atoms with Crippen molar-refractivity contribution in [2.45, 2.75) is 26.6 Å². The number of nitrogens with zero attached hydrogens (tertiary/aromatic N) is 6. The van der Waals surface area contributed by atoms with E-state index >= 15 is 0 Å². The zero-order valence-electron chi connectivity index (χ0n) is 21.1. The molecule has 36 heavy (non-hydrogen) atoms. The molecule has 0 N–H and O–H groups in total. The summed E-state index contributed by atoms with van der Waals surface area (Å²) >= 11 is 0. The molecule has 0 spiro atoms. The minimum atomic E-state index is -1.34. The Morgan fingerprint density at radius 2 is 1.83 bits per heavy atom. The second-order valence-corrected chi connectivity index (χ2v) is 15.3. The number of hydrogen-bond donors (Lipinski definition) is 0. The maximum atomic E-state index is 6.14. The molecular weight excluding hydrogens is 468 g/mol. The number of morpholine rings is 1. The zero-order chi connectivity index (χ0) is 24.9. The maximum Gasteiger partial charge on any atom is 0.191 e. The minimum absolute atomic E-state index is 0.591. The van der Waals surface area contributed by atoms with Gasteiger partial charge in [0.2, 0.25) is 0 Å². The SMILES string of the molecule is Cc1cn(-c2ccc(C=C3OCCN4C3=NCCN4c3ccc([Si](C)(C)C)cc3)c3cnoc23)cn1. The summed E-state index contributed by atoms with van der Waals surface area (Å²) in [6, 6.07) is 13.2. The lowest BCUT2D eigenvalue weighted by Gasteiger charge is -2.44. The van der Waals surface area contributed by atoms with Gasteiger partial charge in [0.25, 0.3) is 0 Å². The van der Waals surface area contributed by atoms with Crippen LogP contribution < -0.4 is 10.2 Å². The van der Waals surface area contributed by atoms with Gasteiger partial charge in [-0.05, 0) is 36.8 Å². The van der Waals surface area contributed by atoms with E-state index in [9.17, 15) is 0 Å². The van der Waals surface area contributed by atoms with E-state index in [1.54, 1.807) is 12.5 Å². The first-order chi connectivity index (χ1) is 17.4. The van der Waals surface area contributed by atoms with E-state index < -0.39 is 8.07 Å². The molecule has 6 rings (SSSR count). The van der Waals surface area contributed by atoms with Crippen molar-refractivity contribution in [1.29, 1.82) is 0 Å². The number of hydrogen-bond acceptors (Lipinski definition) is 7. The summed E-state index contributed by atoms with van der Waals surface area (Å²) in [4.78, 5) is 9.20. The number of benzene rings is 2. The molecule has 2 aliphatic rings. The Bertz CT molecular complexity index is 1480. The Kier molecular flexibility index (Phi) is 5.44. The lowest BCUT2D eigenvalue weighted by molar-refractivity contribution is 0.160. The van der Waals surface area contributed by atoms with E-state index in [-0.39, 0.29) is 0 Å². The van der Waals surface area contributed by atoms with Crippen molar-refractivity contribution < 1.29 is 9.26 Å². The lowest BCUT2D eigenvalue weighted by Crippen LogP contribution is -2.55. The summed E-state index contributed by atoms with van der Waals surface area (Å²) in [6.07, 6.45) is 7.56. The number of hydrazine groups is 1. The third-order valence-corrected chi connectivity index (χ3v) is 8.80. The van der Waals surface area contributed by atoms with Gasteiger partial charge >= 0.3 is 0 Å². The molecule has 2 aromatic carbocycles. The molecule has 8 nitrogen and oxygen atoms in total. The van der Waals surface area contributed by atoms with Crippen molar-refractivity contribution in [1.82, 2.24) is 19.7 Å². The van der Waals surface area contributed by atoms with E-state index in [2.05, 4.69) is 70.1 Å². The summed E-state index contributed by atoms with van der Waals surface area (Å²) in [5.74, 6) is 1.62. The fourth-order valence-electron chi connectivity index (χ4n) is 4.80. The summed E-state index contributed by atoms with van der Waals surface area (Å²) in [7, 11) is -1.34. The van der Waals surface area contributed by atoms with E-state index in [1.807, 2.05) is 29.8 Å². The number of rotatable bonds is 4. The summed E-state index contributed by atoms with van der Waals surface area (Å²) in [6.45, 7) is 12.0. The Hall–Kier alpha value is -3.85. The molecule has 4 heterocycles. The van der Waals surface area contributed by atoms with Gasteiger partial charge in [-0.3, -0.25) is 15.0 Å². The first-order valence-electron chi connectivity index (χ1n) is 12.3. The highest BCUT2D eigenvalue weighted by atomic mass is 28.3. The van der Waals surface area contributed by atoms with Gasteiger partial charge in [0, 0.05) is 6.20 Å². The first-order valence-corrected chi connectivity index (χ1v) is 15.8. The van der Waals surface area contributed by atoms with Crippen molar-refractivity contribution in [3.05, 3.63) is 72.1 Å². The van der Waals surface area contributed by atoms with Crippen molar-refractivity contribution in [3.8, 4) is 5.69 Å². The zero-order valence-corrected chi connectivity index (χ0v) is 22.1. The molecule has 184 valence electrons. The highest BCUT2D eigenvalue weighted by Crippen LogP contribution is 2.30. The van der Waals surface area contributed by atoms with Crippen molar-refractivity contribution in [2.75, 3.05) is 31.3 Å². The number of anilines is 1. The number of fused-ring (bicyclic) bond motifs is 2. The van der Waals surface area contributed by atoms with Gasteiger partial charge in [-0.25, -0.2) is 4.98 Å². The Morgan fingerprint density at radius 1 is 1.00 bits per heavy atom. The molecule has 0 saturated carbocycles. The van der Waals surface area contributed by atoms with Gasteiger partial charge in [0.15, 0.2) is 17.2 Å². The molecule has 0 aliphatic carbocycles. The number of amidine groups is 1. The Morgan fingerprint density at radius 3 is 2.58 bits per heavy atom. The number of aryl methyl sites for hydroxylation is 1. The Balaban J connectivity index is 1.33. The highest BCUT2D eigenvalue weighted by Gasteiger charge is 2.31. The van der Waals surface area contributed by atoms with E-state index in [0.29, 0.717) is 18.7 Å². The second kappa shape index (κ2) is 8.67. The van der Waals surface area contributed by atoms with Crippen LogP contribution in [0.1, 0.15) is 11.3 Å². The molecule has 4 aromatic rings. The highest BCUT2D eigenvalue weighted by molar-refractivity contribution is 6.88. The molecule has 0 bridgehead atoms. The van der Waals surface area contributed by atoms with Gasteiger partial charge < -0.3 is 13.8 Å². The third-order valence-electron chi connectivity index (χ3n) is 6.73. The second-order valence-electron chi connectivity index (χ2n) is 10.3. The summed E-state index contributed by atoms with van der Waals surface area (Å²) in [5.41, 5.74) is 4.72. The predicted octanol–water partition coefficient (Wildman–Crippen LogP) is 4.37. The quantitative estimate of drug-likeness (QED) is 0.389. The van der Waals surface area contributed by atoms with Gasteiger partial charge in [-0.2, -0.15) is 0 Å². The topological polar surface area (TPSA) is 71.9 Å². The molecule has 1 saturated heterocycles. The van der Waals surface area contributed by atoms with Crippen LogP contribution >= 0.6 is 0 Å². The van der Waals surface area contributed by atoms with Crippen LogP contribution in [0.5, 0.6) is 0 Å². The standard InChI is InChI=1S/C27H30N6O2Si/c1-19-17-31(18-29-19)24-10-5-20(23-16-30-35-26(23)24)15-25-27-28-11-12-32(33(27)13-14-34-25)21-6-8-22(9-7-21)36(2,3)4/h5-10,15-18H,11-14H2,1-4H3. The molecule has 0 unspecified atom stereocenters. The van der Waals surface area contributed by atoms with Crippen LogP contribution in [-0.2, 0) is 4.74 Å². The van der Waals surface area contributed by atoms with E-state index in [1.165, 1.54) is 10.9 Å². The number of aromatic nitrogens is 3. The van der Waals surface area contributed by atoms with Crippen LogP contribution in [0.3, 0.4) is 0 Å². The average molecular weight is 499 g/mol. The molecule has 0 atom stereocenters. The monoisotopic (exact) mass is 498 g/mol. The first kappa shape index (κ1) is 22.6. The third kappa shape index (κ3) is 3.99. The van der Waals surface area contributed by atoms with Crippen LogP contribution in [0.2, 0.25) is 19.6 Å². The number of imidazole rings is 1. The predicted molar refractivity (Wildman–Crippen MR) is 146 cm³/mol. The van der Waals surface area contributed by atoms with Gasteiger partial charge in [-0.1, -0.05) is 48.2 Å². The number of ether oxygens (including phenoxy) is 1. The molecule has 1 fully saturated rings. The Labute approximate surface area is 211 Å². The largest absolute Gasteiger partial charge is 0.488 e. The lowest BCUT2D eigenvalue weighted by atomic mass is 10.1. The van der Waals surface area contributed by atoms with E-state index in [0.717, 1.165) is 47.0 Å². The van der Waals surface area contributed by atoms with Crippen LogP contribution in [0.15, 0.2) is 70.4 Å². The van der Waals surface area contributed by atoms with Crippen LogP contribution in [-0.4, -0.2) is 59.9 Å². The molecule has 0 radical (unpaired) electrons. The van der Waals surface area contributed by atoms with Crippen molar-refractivity contribution in [2.24, 2.45) is 4.99 Å². The van der Waals surface area contributed by atoms with Gasteiger partial charge in [0.1, 0.15) is 6.61 Å². The van der Waals surface area contributed by atoms with Gasteiger partial charge in [-0.15, -0.1) is 0 Å². The van der Waals surface area contributed by atoms with Gasteiger partial charge in [0.05, 0.1) is 62.7 Å². The van der Waals surface area contributed by atoms with Crippen LogP contribution in [0.4, 0.5) is 5.69 Å². The minimum Gasteiger partial charge on any atom is -0.488 e. The summed E-state index contributed by atoms with van der Waals surface area (Å²) in [5, 5.41) is 11.0. The van der Waals surface area contributed by atoms with E-state index in [4.69, 9.17) is 14.3 Å². The maximum absolute atomic E-state index is 6.14. The van der Waals surface area contributed by atoms with Crippen LogP contribution in [0, 0.1) is 6.92 Å². The normalized spacial score (nSPS) is 17.3. The van der Waals surface area contributed by atoms with Crippen LogP contribution in [0.25, 0.3) is 22.7 Å². The fourth-order valence-corrected chi connectivity index (χ4v) is 5.97. The molecule has 0 amide bonds.